The van der Waals surface area contributed by atoms with Crippen molar-refractivity contribution in [1.82, 2.24) is 4.98 Å². The molecule has 0 radical (unpaired) electrons. The first-order chi connectivity index (χ1) is 14.9. The average molecular weight is 458 g/mol. The molecular weight excluding hydrogens is 430 g/mol. The zero-order valence-corrected chi connectivity index (χ0v) is 19.6. The fraction of sp³-hybridized carbons (Fsp3) is 0.292. The van der Waals surface area contributed by atoms with E-state index in [9.17, 15) is 13.5 Å². The van der Waals surface area contributed by atoms with Gasteiger partial charge in [0, 0.05) is 27.8 Å². The Hall–Kier alpha value is -2.35. The van der Waals surface area contributed by atoms with Crippen LogP contribution in [0, 0.1) is 0 Å². The van der Waals surface area contributed by atoms with Crippen molar-refractivity contribution >= 4 is 21.6 Å². The van der Waals surface area contributed by atoms with Crippen LogP contribution in [-0.2, 0) is 16.4 Å². The first kappa shape index (κ1) is 23.3. The summed E-state index contributed by atoms with van der Waals surface area (Å²) in [5.74, 6) is 0.428. The minimum Gasteiger partial charge on any atom is -0.477 e. The number of pyridine rings is 1. The standard InChI is InChI=1S/C24H27NO4S2/c1-4-5-13-29-24-19(16-26)15-22(17-9-11-21(12-10-17)31(3,27)28)23(25-24)18-7-6-8-20(14-18)30-2/h6-12,14-15,26H,4-5,13,16H2,1-3H3. The van der Waals surface area contributed by atoms with E-state index in [4.69, 9.17) is 9.72 Å². The van der Waals surface area contributed by atoms with E-state index in [-0.39, 0.29) is 11.5 Å². The Kier molecular flexibility index (Phi) is 7.75. The fourth-order valence-corrected chi connectivity index (χ4v) is 4.27. The highest BCUT2D eigenvalue weighted by atomic mass is 32.2. The van der Waals surface area contributed by atoms with Gasteiger partial charge in [0.05, 0.1) is 23.8 Å². The summed E-state index contributed by atoms with van der Waals surface area (Å²) in [6.45, 7) is 2.42. The molecule has 0 bridgehead atoms. The minimum absolute atomic E-state index is 0.200. The van der Waals surface area contributed by atoms with Crippen LogP contribution in [0.5, 0.6) is 5.88 Å². The molecule has 31 heavy (non-hydrogen) atoms. The van der Waals surface area contributed by atoms with E-state index >= 15 is 0 Å². The molecule has 0 fully saturated rings. The molecule has 0 spiro atoms. The second-order valence-corrected chi connectivity index (χ2v) is 10.1. The third-order valence-corrected chi connectivity index (χ3v) is 6.76. The van der Waals surface area contributed by atoms with Gasteiger partial charge in [-0.3, -0.25) is 0 Å². The number of rotatable bonds is 9. The molecule has 0 aliphatic heterocycles. The number of unbranched alkanes of at least 4 members (excludes halogenated alkanes) is 1. The molecule has 1 heterocycles. The summed E-state index contributed by atoms with van der Waals surface area (Å²) in [4.78, 5) is 6.17. The number of nitrogens with zero attached hydrogens (tertiary/aromatic N) is 1. The Morgan fingerprint density at radius 2 is 1.81 bits per heavy atom. The molecule has 0 saturated heterocycles. The number of aliphatic hydroxyl groups is 1. The molecule has 0 amide bonds. The molecule has 0 atom stereocenters. The normalized spacial score (nSPS) is 11.5. The van der Waals surface area contributed by atoms with Gasteiger partial charge in [0.25, 0.3) is 0 Å². The molecule has 2 aromatic carbocycles. The number of hydrogen-bond acceptors (Lipinski definition) is 6. The van der Waals surface area contributed by atoms with Gasteiger partial charge < -0.3 is 9.84 Å². The highest BCUT2D eigenvalue weighted by Crippen LogP contribution is 2.36. The highest BCUT2D eigenvalue weighted by molar-refractivity contribution is 7.98. The molecule has 1 N–H and O–H groups in total. The summed E-state index contributed by atoms with van der Waals surface area (Å²) < 4.78 is 29.6. The molecule has 1 aromatic heterocycles. The number of aliphatic hydroxyl groups excluding tert-OH is 1. The Balaban J connectivity index is 2.17. The fourth-order valence-electron chi connectivity index (χ4n) is 3.18. The summed E-state index contributed by atoms with van der Waals surface area (Å²) in [5, 5.41) is 9.94. The lowest BCUT2D eigenvalue weighted by Crippen LogP contribution is -2.04. The summed E-state index contributed by atoms with van der Waals surface area (Å²) >= 11 is 1.65. The predicted octanol–water partition coefficient (Wildman–Crippen LogP) is 5.21. The predicted molar refractivity (Wildman–Crippen MR) is 126 cm³/mol. The monoisotopic (exact) mass is 457 g/mol. The van der Waals surface area contributed by atoms with Crippen LogP contribution in [0.15, 0.2) is 64.4 Å². The van der Waals surface area contributed by atoms with E-state index in [1.807, 2.05) is 30.5 Å². The van der Waals surface area contributed by atoms with Gasteiger partial charge in [0.2, 0.25) is 5.88 Å². The van der Waals surface area contributed by atoms with Gasteiger partial charge in [-0.2, -0.15) is 0 Å². The maximum atomic E-state index is 11.8. The Labute approximate surface area is 188 Å². The maximum absolute atomic E-state index is 11.8. The van der Waals surface area contributed by atoms with Gasteiger partial charge >= 0.3 is 0 Å². The summed E-state index contributed by atoms with van der Waals surface area (Å²) in [6, 6.07) is 16.7. The van der Waals surface area contributed by atoms with Gasteiger partial charge in [-0.25, -0.2) is 13.4 Å². The Morgan fingerprint density at radius 3 is 2.42 bits per heavy atom. The SMILES string of the molecule is CCCCOc1nc(-c2cccc(SC)c2)c(-c2ccc(S(C)(=O)=O)cc2)cc1CO. The third kappa shape index (κ3) is 5.67. The van der Waals surface area contributed by atoms with Crippen LogP contribution in [0.25, 0.3) is 22.4 Å². The van der Waals surface area contributed by atoms with Crippen LogP contribution < -0.4 is 4.74 Å². The van der Waals surface area contributed by atoms with E-state index in [2.05, 4.69) is 13.0 Å². The largest absolute Gasteiger partial charge is 0.477 e. The molecule has 3 aromatic rings. The molecule has 7 heteroatoms. The Bertz CT molecular complexity index is 1140. The number of ether oxygens (including phenoxy) is 1. The zero-order chi connectivity index (χ0) is 22.4. The van der Waals surface area contributed by atoms with Crippen molar-refractivity contribution in [2.45, 2.75) is 36.2 Å². The van der Waals surface area contributed by atoms with Crippen molar-refractivity contribution in [2.24, 2.45) is 0 Å². The molecule has 5 nitrogen and oxygen atoms in total. The highest BCUT2D eigenvalue weighted by Gasteiger charge is 2.17. The number of thioether (sulfide) groups is 1. The number of aromatic nitrogens is 1. The second-order valence-electron chi connectivity index (χ2n) is 7.24. The number of hydrogen-bond donors (Lipinski definition) is 1. The molecule has 0 unspecified atom stereocenters. The van der Waals surface area contributed by atoms with E-state index in [0.29, 0.717) is 18.1 Å². The Morgan fingerprint density at radius 1 is 1.06 bits per heavy atom. The van der Waals surface area contributed by atoms with Crippen LogP contribution in [0.3, 0.4) is 0 Å². The van der Waals surface area contributed by atoms with E-state index < -0.39 is 9.84 Å². The lowest BCUT2D eigenvalue weighted by atomic mass is 9.97. The smallest absolute Gasteiger partial charge is 0.219 e. The van der Waals surface area contributed by atoms with Gasteiger partial charge in [0.15, 0.2) is 9.84 Å². The van der Waals surface area contributed by atoms with Crippen molar-refractivity contribution in [3.8, 4) is 28.3 Å². The summed E-state index contributed by atoms with van der Waals surface area (Å²) in [5.41, 5.74) is 3.89. The molecule has 0 aliphatic rings. The van der Waals surface area contributed by atoms with Crippen molar-refractivity contribution in [3.05, 3.63) is 60.2 Å². The molecule has 0 saturated carbocycles. The van der Waals surface area contributed by atoms with Gasteiger partial charge in [0.1, 0.15) is 0 Å². The molecule has 3 rings (SSSR count). The maximum Gasteiger partial charge on any atom is 0.219 e. The average Bonchev–Trinajstić information content (AvgIpc) is 2.78. The van der Waals surface area contributed by atoms with Crippen molar-refractivity contribution in [2.75, 3.05) is 19.1 Å². The van der Waals surface area contributed by atoms with Gasteiger partial charge in [-0.15, -0.1) is 11.8 Å². The van der Waals surface area contributed by atoms with Gasteiger partial charge in [-0.05, 0) is 48.6 Å². The topological polar surface area (TPSA) is 76.5 Å². The molecule has 164 valence electrons. The molecular formula is C24H27NO4S2. The lowest BCUT2D eigenvalue weighted by Gasteiger charge is -2.16. The third-order valence-electron chi connectivity index (χ3n) is 4.91. The van der Waals surface area contributed by atoms with E-state index in [1.165, 1.54) is 6.26 Å². The zero-order valence-electron chi connectivity index (χ0n) is 18.0. The van der Waals surface area contributed by atoms with Crippen molar-refractivity contribution in [3.63, 3.8) is 0 Å². The van der Waals surface area contributed by atoms with Gasteiger partial charge in [-0.1, -0.05) is 37.6 Å². The quantitative estimate of drug-likeness (QED) is 0.351. The second kappa shape index (κ2) is 10.3. The van der Waals surface area contributed by atoms with Crippen LogP contribution in [0.2, 0.25) is 0 Å². The van der Waals surface area contributed by atoms with E-state index in [0.717, 1.165) is 40.1 Å². The van der Waals surface area contributed by atoms with Crippen molar-refractivity contribution in [1.29, 1.82) is 0 Å². The van der Waals surface area contributed by atoms with Crippen molar-refractivity contribution < 1.29 is 18.3 Å². The minimum atomic E-state index is -3.28. The first-order valence-corrected chi connectivity index (χ1v) is 13.2. The summed E-state index contributed by atoms with van der Waals surface area (Å²) in [6.07, 6.45) is 5.11. The van der Waals surface area contributed by atoms with Crippen LogP contribution in [-0.4, -0.2) is 37.6 Å². The van der Waals surface area contributed by atoms with Crippen LogP contribution in [0.4, 0.5) is 0 Å². The first-order valence-electron chi connectivity index (χ1n) is 10.1. The van der Waals surface area contributed by atoms with Crippen LogP contribution in [0.1, 0.15) is 25.3 Å². The van der Waals surface area contributed by atoms with Crippen LogP contribution >= 0.6 is 11.8 Å². The number of benzene rings is 2. The lowest BCUT2D eigenvalue weighted by molar-refractivity contribution is 0.255. The molecule has 0 aliphatic carbocycles. The van der Waals surface area contributed by atoms with E-state index in [1.54, 1.807) is 36.0 Å². The summed E-state index contributed by atoms with van der Waals surface area (Å²) in [7, 11) is -3.28. The number of sulfone groups is 1.